The Morgan fingerprint density at radius 1 is 1.20 bits per heavy atom. The topological polar surface area (TPSA) is 72.5 Å². The van der Waals surface area contributed by atoms with Crippen LogP contribution in [-0.2, 0) is 10.0 Å². The van der Waals surface area contributed by atoms with Gasteiger partial charge in [0.2, 0.25) is 10.0 Å². The van der Waals surface area contributed by atoms with Crippen molar-refractivity contribution >= 4 is 39.1 Å². The first-order valence-corrected chi connectivity index (χ1v) is 9.51. The highest BCUT2D eigenvalue weighted by atomic mass is 35.5. The summed E-state index contributed by atoms with van der Waals surface area (Å²) in [5.74, 6) is -2.01. The van der Waals surface area contributed by atoms with Crippen molar-refractivity contribution in [1.29, 1.82) is 0 Å². The van der Waals surface area contributed by atoms with Crippen LogP contribution in [0.4, 0.5) is 4.39 Å². The Labute approximate surface area is 154 Å². The molecule has 0 saturated carbocycles. The fraction of sp³-hybridized carbons (Fsp3) is 0.188. The van der Waals surface area contributed by atoms with Crippen LogP contribution in [0.1, 0.15) is 22.8 Å². The second-order valence-electron chi connectivity index (χ2n) is 5.11. The maximum Gasteiger partial charge on any atom is 0.267 e. The normalized spacial score (nSPS) is 11.2. The molecule has 0 aliphatic rings. The van der Waals surface area contributed by atoms with Crippen molar-refractivity contribution in [3.05, 3.63) is 57.3 Å². The third-order valence-corrected chi connectivity index (χ3v) is 5.23. The average Bonchev–Trinajstić information content (AvgIpc) is 2.53. The first-order chi connectivity index (χ1) is 11.6. The van der Waals surface area contributed by atoms with E-state index < -0.39 is 27.3 Å². The van der Waals surface area contributed by atoms with Crippen LogP contribution in [0.15, 0.2) is 30.3 Å². The third kappa shape index (κ3) is 4.84. The molecule has 0 atom stereocenters. The summed E-state index contributed by atoms with van der Waals surface area (Å²) in [6.07, 6.45) is 0. The Kier molecular flexibility index (Phi) is 5.92. The van der Waals surface area contributed by atoms with Crippen molar-refractivity contribution in [2.24, 2.45) is 0 Å². The van der Waals surface area contributed by atoms with Crippen LogP contribution in [0.2, 0.25) is 10.0 Å². The number of hydrogen-bond acceptors (Lipinski definition) is 4. The molecule has 5 nitrogen and oxygen atoms in total. The number of benzene rings is 2. The van der Waals surface area contributed by atoms with Crippen molar-refractivity contribution in [1.82, 2.24) is 4.72 Å². The van der Waals surface area contributed by atoms with Gasteiger partial charge in [-0.2, -0.15) is 0 Å². The Hall–Kier alpha value is -1.83. The van der Waals surface area contributed by atoms with Gasteiger partial charge in [0.1, 0.15) is 17.3 Å². The summed E-state index contributed by atoms with van der Waals surface area (Å²) in [7, 11) is -3.82. The van der Waals surface area contributed by atoms with E-state index in [0.29, 0.717) is 10.8 Å². The summed E-state index contributed by atoms with van der Waals surface area (Å²) in [4.78, 5) is 11.9. The minimum absolute atomic E-state index is 0.0178. The first kappa shape index (κ1) is 19.5. The average molecular weight is 406 g/mol. The third-order valence-electron chi connectivity index (χ3n) is 3.25. The summed E-state index contributed by atoms with van der Waals surface area (Å²) in [6, 6.07) is 6.77. The van der Waals surface area contributed by atoms with Gasteiger partial charge in [0.15, 0.2) is 0 Å². The molecular weight excluding hydrogens is 392 g/mol. The monoisotopic (exact) mass is 405 g/mol. The maximum atomic E-state index is 14.2. The van der Waals surface area contributed by atoms with Gasteiger partial charge >= 0.3 is 0 Å². The highest BCUT2D eigenvalue weighted by Crippen LogP contribution is 2.33. The van der Waals surface area contributed by atoms with Gasteiger partial charge in [-0.15, -0.1) is 0 Å². The van der Waals surface area contributed by atoms with Crippen molar-refractivity contribution in [3.8, 4) is 11.5 Å². The van der Waals surface area contributed by atoms with E-state index >= 15 is 0 Å². The molecule has 2 aromatic rings. The predicted octanol–water partition coefficient (Wildman–Crippen LogP) is 4.31. The standard InChI is InChI=1S/C16H14Cl2FNO4S/c1-3-25(22,23)20-16(21)11-7-13(18)15(8-14(11)19)24-10-4-5-12(17)9(2)6-10/h4-8H,3H2,1-2H3,(H,20,21). The number of nitrogens with one attached hydrogen (secondary N) is 1. The van der Waals surface area contributed by atoms with Crippen molar-refractivity contribution in [3.63, 3.8) is 0 Å². The van der Waals surface area contributed by atoms with Gasteiger partial charge in [-0.1, -0.05) is 23.2 Å². The lowest BCUT2D eigenvalue weighted by Crippen LogP contribution is -2.32. The molecule has 0 radical (unpaired) electrons. The summed E-state index contributed by atoms with van der Waals surface area (Å²) in [5.41, 5.74) is 0.262. The molecule has 0 aromatic heterocycles. The number of amides is 1. The summed E-state index contributed by atoms with van der Waals surface area (Å²) < 4.78 is 44.3. The molecule has 1 amide bonds. The lowest BCUT2D eigenvalue weighted by molar-refractivity contribution is 0.0977. The second-order valence-corrected chi connectivity index (χ2v) is 7.94. The van der Waals surface area contributed by atoms with Crippen molar-refractivity contribution < 1.29 is 22.3 Å². The first-order valence-electron chi connectivity index (χ1n) is 7.11. The molecule has 0 unspecified atom stereocenters. The molecule has 0 saturated heterocycles. The Bertz CT molecular complexity index is 932. The predicted molar refractivity (Wildman–Crippen MR) is 94.6 cm³/mol. The Morgan fingerprint density at radius 3 is 2.48 bits per heavy atom. The zero-order chi connectivity index (χ0) is 18.8. The molecule has 25 heavy (non-hydrogen) atoms. The number of hydrogen-bond donors (Lipinski definition) is 1. The number of rotatable bonds is 5. The van der Waals surface area contributed by atoms with Crippen molar-refractivity contribution in [2.45, 2.75) is 13.8 Å². The molecule has 9 heteroatoms. The van der Waals surface area contributed by atoms with Crippen LogP contribution in [0, 0.1) is 12.7 Å². The zero-order valence-corrected chi connectivity index (χ0v) is 15.6. The summed E-state index contributed by atoms with van der Waals surface area (Å²) in [6.45, 7) is 3.13. The minimum atomic E-state index is -3.82. The van der Waals surface area contributed by atoms with E-state index in [0.717, 1.165) is 17.7 Å². The number of ether oxygens (including phenoxy) is 1. The summed E-state index contributed by atoms with van der Waals surface area (Å²) in [5, 5.41) is 0.502. The van der Waals surface area contributed by atoms with Gasteiger partial charge in [-0.25, -0.2) is 17.5 Å². The number of carbonyl (C=O) groups excluding carboxylic acids is 1. The lowest BCUT2D eigenvalue weighted by atomic mass is 10.2. The van der Waals surface area contributed by atoms with E-state index in [1.807, 2.05) is 0 Å². The smallest absolute Gasteiger partial charge is 0.267 e. The molecule has 2 aromatic carbocycles. The van der Waals surface area contributed by atoms with Crippen LogP contribution < -0.4 is 9.46 Å². The van der Waals surface area contributed by atoms with Crippen LogP contribution in [0.3, 0.4) is 0 Å². The zero-order valence-electron chi connectivity index (χ0n) is 13.3. The number of carbonyl (C=O) groups is 1. The number of sulfonamides is 1. The van der Waals surface area contributed by atoms with Crippen LogP contribution >= 0.6 is 23.2 Å². The van der Waals surface area contributed by atoms with E-state index in [1.54, 1.807) is 29.8 Å². The van der Waals surface area contributed by atoms with E-state index in [4.69, 9.17) is 27.9 Å². The molecule has 1 N–H and O–H groups in total. The molecule has 0 aliphatic carbocycles. The molecule has 2 rings (SSSR count). The lowest BCUT2D eigenvalue weighted by Gasteiger charge is -2.11. The molecule has 0 spiro atoms. The second kappa shape index (κ2) is 7.59. The van der Waals surface area contributed by atoms with Crippen molar-refractivity contribution in [2.75, 3.05) is 5.75 Å². The van der Waals surface area contributed by atoms with Gasteiger partial charge in [0.05, 0.1) is 16.3 Å². The van der Waals surface area contributed by atoms with E-state index in [-0.39, 0.29) is 16.5 Å². The van der Waals surface area contributed by atoms with Crippen LogP contribution in [-0.4, -0.2) is 20.1 Å². The molecule has 0 fully saturated rings. The fourth-order valence-corrected chi connectivity index (χ4v) is 2.71. The van der Waals surface area contributed by atoms with Gasteiger partial charge in [-0.3, -0.25) is 4.79 Å². The van der Waals surface area contributed by atoms with E-state index in [2.05, 4.69) is 0 Å². The fourth-order valence-electron chi connectivity index (χ4n) is 1.86. The largest absolute Gasteiger partial charge is 0.456 e. The Morgan fingerprint density at radius 2 is 1.88 bits per heavy atom. The molecule has 0 heterocycles. The quantitative estimate of drug-likeness (QED) is 0.803. The highest BCUT2D eigenvalue weighted by Gasteiger charge is 2.20. The molecule has 0 aliphatic heterocycles. The van der Waals surface area contributed by atoms with Gasteiger partial charge < -0.3 is 4.74 Å². The molecule has 134 valence electrons. The SMILES string of the molecule is CCS(=O)(=O)NC(=O)c1cc(Cl)c(Oc2ccc(Cl)c(C)c2)cc1F. The maximum absolute atomic E-state index is 14.2. The Balaban J connectivity index is 2.30. The number of halogens is 3. The highest BCUT2D eigenvalue weighted by molar-refractivity contribution is 7.90. The van der Waals surface area contributed by atoms with Gasteiger partial charge in [-0.05, 0) is 43.7 Å². The van der Waals surface area contributed by atoms with E-state index in [9.17, 15) is 17.6 Å². The van der Waals surface area contributed by atoms with Crippen LogP contribution in [0.25, 0.3) is 0 Å². The molecular formula is C16H14Cl2FNO4S. The van der Waals surface area contributed by atoms with E-state index in [1.165, 1.54) is 6.92 Å². The van der Waals surface area contributed by atoms with Gasteiger partial charge in [0.25, 0.3) is 5.91 Å². The van der Waals surface area contributed by atoms with Gasteiger partial charge in [0, 0.05) is 11.1 Å². The number of aryl methyl sites for hydroxylation is 1. The minimum Gasteiger partial charge on any atom is -0.456 e. The summed E-state index contributed by atoms with van der Waals surface area (Å²) >= 11 is 11.9. The molecule has 0 bridgehead atoms. The van der Waals surface area contributed by atoms with Crippen LogP contribution in [0.5, 0.6) is 11.5 Å².